The van der Waals surface area contributed by atoms with Gasteiger partial charge in [-0.05, 0) is 37.0 Å². The van der Waals surface area contributed by atoms with Gasteiger partial charge in [0.25, 0.3) is 5.91 Å². The maximum absolute atomic E-state index is 12.7. The van der Waals surface area contributed by atoms with Crippen molar-refractivity contribution >= 4 is 11.6 Å². The van der Waals surface area contributed by atoms with Gasteiger partial charge in [0.15, 0.2) is 0 Å². The molecule has 0 aliphatic heterocycles. The number of nitrogens with one attached hydrogen (secondary N) is 2. The third-order valence-corrected chi connectivity index (χ3v) is 4.04. The van der Waals surface area contributed by atoms with Crippen molar-refractivity contribution in [2.45, 2.75) is 19.3 Å². The van der Waals surface area contributed by atoms with Gasteiger partial charge in [-0.2, -0.15) is 0 Å². The van der Waals surface area contributed by atoms with Crippen LogP contribution >= 0.6 is 0 Å². The Bertz CT molecular complexity index is 856. The second kappa shape index (κ2) is 5.64. The maximum Gasteiger partial charge on any atom is 0.257 e. The van der Waals surface area contributed by atoms with Crippen LogP contribution in [0.15, 0.2) is 43.2 Å². The highest BCUT2D eigenvalue weighted by molar-refractivity contribution is 6.09. The van der Waals surface area contributed by atoms with Crippen LogP contribution < -0.4 is 5.32 Å². The highest BCUT2D eigenvalue weighted by Gasteiger charge is 2.24. The van der Waals surface area contributed by atoms with Crippen LogP contribution in [0.1, 0.15) is 28.0 Å². The number of hydrogen-bond acceptors (Lipinski definition) is 4. The van der Waals surface area contributed by atoms with Crippen LogP contribution in [-0.2, 0) is 12.8 Å². The fraction of sp³-hybridized carbons (Fsp3) is 0.176. The number of carbonyl (C=O) groups excluding carboxylic acids is 1. The molecule has 23 heavy (non-hydrogen) atoms. The molecule has 1 aliphatic carbocycles. The number of aromatic amines is 1. The lowest BCUT2D eigenvalue weighted by molar-refractivity contribution is 0.102. The minimum Gasteiger partial charge on any atom is -0.364 e. The smallest absolute Gasteiger partial charge is 0.257 e. The monoisotopic (exact) mass is 305 g/mol. The first kappa shape index (κ1) is 13.6. The molecule has 0 unspecified atom stereocenters. The zero-order valence-electron chi connectivity index (χ0n) is 12.4. The summed E-state index contributed by atoms with van der Waals surface area (Å²) >= 11 is 0. The zero-order valence-corrected chi connectivity index (χ0v) is 12.4. The molecule has 2 N–H and O–H groups in total. The molecular weight excluding hydrogens is 290 g/mol. The molecule has 0 bridgehead atoms. The Hall–Kier alpha value is -3.02. The lowest BCUT2D eigenvalue weighted by Crippen LogP contribution is -2.12. The third-order valence-electron chi connectivity index (χ3n) is 4.04. The van der Waals surface area contributed by atoms with E-state index in [0.717, 1.165) is 47.5 Å². The second-order valence-electron chi connectivity index (χ2n) is 5.50. The van der Waals surface area contributed by atoms with Crippen molar-refractivity contribution in [2.24, 2.45) is 0 Å². The third kappa shape index (κ3) is 2.48. The number of anilines is 1. The highest BCUT2D eigenvalue weighted by Crippen LogP contribution is 2.33. The number of fused-ring (bicyclic) bond motifs is 3. The minimum absolute atomic E-state index is 0.153. The fourth-order valence-corrected chi connectivity index (χ4v) is 2.97. The highest BCUT2D eigenvalue weighted by atomic mass is 16.1. The molecule has 3 aromatic rings. The van der Waals surface area contributed by atoms with E-state index in [0.29, 0.717) is 5.56 Å². The van der Waals surface area contributed by atoms with Gasteiger partial charge in [-0.15, -0.1) is 0 Å². The van der Waals surface area contributed by atoms with E-state index in [4.69, 9.17) is 0 Å². The van der Waals surface area contributed by atoms with Crippen molar-refractivity contribution < 1.29 is 4.79 Å². The molecule has 6 heteroatoms. The number of pyridine rings is 1. The molecule has 3 heterocycles. The molecule has 1 aliphatic rings. The summed E-state index contributed by atoms with van der Waals surface area (Å²) in [6, 6.07) is 3.53. The fourth-order valence-electron chi connectivity index (χ4n) is 2.97. The number of H-pyrrole nitrogens is 1. The average Bonchev–Trinajstić information content (AvgIpc) is 2.92. The van der Waals surface area contributed by atoms with Gasteiger partial charge in [0.05, 0.1) is 11.3 Å². The lowest BCUT2D eigenvalue weighted by Gasteiger charge is -2.08. The van der Waals surface area contributed by atoms with Crippen molar-refractivity contribution in [1.29, 1.82) is 0 Å². The number of hydrogen-bond donors (Lipinski definition) is 2. The summed E-state index contributed by atoms with van der Waals surface area (Å²) in [4.78, 5) is 28.4. The standard InChI is InChI=1S/C17H15N5O/c23-17(22-12-4-6-18-7-5-12)13-9-20-14-3-1-2-11-8-19-10-21-16(11)15(13)14/h4-10,20H,1-3H2,(H,18,22,23). The molecular formula is C17H15N5O. The summed E-state index contributed by atoms with van der Waals surface area (Å²) in [5.41, 5.74) is 5.22. The first-order chi connectivity index (χ1) is 11.3. The van der Waals surface area contributed by atoms with E-state index in [-0.39, 0.29) is 5.91 Å². The SMILES string of the molecule is O=C(Nc1ccncc1)c1c[nH]c2c1-c1ncncc1CCC2. The molecule has 0 saturated carbocycles. The van der Waals surface area contributed by atoms with Crippen molar-refractivity contribution in [1.82, 2.24) is 19.9 Å². The van der Waals surface area contributed by atoms with E-state index >= 15 is 0 Å². The topological polar surface area (TPSA) is 83.6 Å². The molecule has 0 atom stereocenters. The number of amides is 1. The van der Waals surface area contributed by atoms with Crippen LogP contribution in [0, 0.1) is 0 Å². The van der Waals surface area contributed by atoms with Crippen LogP contribution in [-0.4, -0.2) is 25.8 Å². The Morgan fingerprint density at radius 1 is 1.17 bits per heavy atom. The molecule has 0 saturated heterocycles. The summed E-state index contributed by atoms with van der Waals surface area (Å²) in [7, 11) is 0. The Labute approximate surface area is 133 Å². The van der Waals surface area contributed by atoms with Gasteiger partial charge in [0.2, 0.25) is 0 Å². The predicted octanol–water partition coefficient (Wildman–Crippen LogP) is 2.61. The van der Waals surface area contributed by atoms with Crippen molar-refractivity contribution in [2.75, 3.05) is 5.32 Å². The first-order valence-electron chi connectivity index (χ1n) is 7.54. The summed E-state index contributed by atoms with van der Waals surface area (Å²) in [5.74, 6) is -0.153. The van der Waals surface area contributed by atoms with Crippen LogP contribution in [0.5, 0.6) is 0 Å². The number of aromatic nitrogens is 4. The predicted molar refractivity (Wildman–Crippen MR) is 86.0 cm³/mol. The summed E-state index contributed by atoms with van der Waals surface area (Å²) < 4.78 is 0. The van der Waals surface area contributed by atoms with Gasteiger partial charge in [-0.1, -0.05) is 0 Å². The van der Waals surface area contributed by atoms with Crippen LogP contribution in [0.4, 0.5) is 5.69 Å². The molecule has 0 fully saturated rings. The van der Waals surface area contributed by atoms with Crippen LogP contribution in [0.25, 0.3) is 11.3 Å². The van der Waals surface area contributed by atoms with E-state index < -0.39 is 0 Å². The number of rotatable bonds is 2. The van der Waals surface area contributed by atoms with Gasteiger partial charge in [-0.25, -0.2) is 9.97 Å². The minimum atomic E-state index is -0.153. The van der Waals surface area contributed by atoms with E-state index in [1.165, 1.54) is 6.33 Å². The van der Waals surface area contributed by atoms with Gasteiger partial charge in [0, 0.05) is 41.7 Å². The molecule has 4 rings (SSSR count). The molecule has 0 radical (unpaired) electrons. The lowest BCUT2D eigenvalue weighted by atomic mass is 10.0. The quantitative estimate of drug-likeness (QED) is 0.762. The largest absolute Gasteiger partial charge is 0.364 e. The summed E-state index contributed by atoms with van der Waals surface area (Å²) in [5, 5.41) is 2.90. The second-order valence-corrected chi connectivity index (χ2v) is 5.50. The van der Waals surface area contributed by atoms with E-state index in [2.05, 4.69) is 25.3 Å². The first-order valence-corrected chi connectivity index (χ1v) is 7.54. The molecule has 114 valence electrons. The zero-order chi connectivity index (χ0) is 15.6. The Morgan fingerprint density at radius 2 is 2.04 bits per heavy atom. The number of carbonyl (C=O) groups is 1. The van der Waals surface area contributed by atoms with Crippen molar-refractivity contribution in [3.05, 3.63) is 60.1 Å². The van der Waals surface area contributed by atoms with E-state index in [1.807, 2.05) is 6.20 Å². The Morgan fingerprint density at radius 3 is 2.91 bits per heavy atom. The van der Waals surface area contributed by atoms with Gasteiger partial charge in [-0.3, -0.25) is 9.78 Å². The number of nitrogens with zero attached hydrogens (tertiary/aromatic N) is 3. The molecule has 0 spiro atoms. The summed E-state index contributed by atoms with van der Waals surface area (Å²) in [6.07, 6.45) is 11.3. The normalized spacial score (nSPS) is 12.9. The molecule has 0 aromatic carbocycles. The van der Waals surface area contributed by atoms with Gasteiger partial charge < -0.3 is 10.3 Å². The van der Waals surface area contributed by atoms with Crippen molar-refractivity contribution in [3.63, 3.8) is 0 Å². The van der Waals surface area contributed by atoms with E-state index in [1.54, 1.807) is 30.7 Å². The molecule has 1 amide bonds. The Kier molecular flexibility index (Phi) is 3.34. The molecule has 6 nitrogen and oxygen atoms in total. The van der Waals surface area contributed by atoms with Gasteiger partial charge >= 0.3 is 0 Å². The summed E-state index contributed by atoms with van der Waals surface area (Å²) in [6.45, 7) is 0. The van der Waals surface area contributed by atoms with Crippen molar-refractivity contribution in [3.8, 4) is 11.3 Å². The van der Waals surface area contributed by atoms with Crippen LogP contribution in [0.2, 0.25) is 0 Å². The average molecular weight is 305 g/mol. The molecule has 3 aromatic heterocycles. The van der Waals surface area contributed by atoms with E-state index in [9.17, 15) is 4.79 Å². The van der Waals surface area contributed by atoms with Gasteiger partial charge in [0.1, 0.15) is 6.33 Å². The van der Waals surface area contributed by atoms with Crippen LogP contribution in [0.3, 0.4) is 0 Å². The Balaban J connectivity index is 1.76. The maximum atomic E-state index is 12.7. The number of aryl methyl sites for hydroxylation is 2.